The van der Waals surface area contributed by atoms with Crippen molar-refractivity contribution in [3.63, 3.8) is 0 Å². The van der Waals surface area contributed by atoms with E-state index in [2.05, 4.69) is 5.32 Å². The Balaban J connectivity index is 2.15. The highest BCUT2D eigenvalue weighted by Gasteiger charge is 2.49. The monoisotopic (exact) mass is 393 g/mol. The highest BCUT2D eigenvalue weighted by molar-refractivity contribution is 5.98. The van der Waals surface area contributed by atoms with Gasteiger partial charge in [-0.1, -0.05) is 30.3 Å². The smallest absolute Gasteiger partial charge is 0.158 e. The zero-order chi connectivity index (χ0) is 21.2. The molecule has 5 nitrogen and oxygen atoms in total. The number of ketones is 2. The summed E-state index contributed by atoms with van der Waals surface area (Å²) in [6.07, 6.45) is 0.182. The van der Waals surface area contributed by atoms with Crippen LogP contribution in [0.25, 0.3) is 0 Å². The molecule has 0 heterocycles. The van der Waals surface area contributed by atoms with Crippen molar-refractivity contribution >= 4 is 17.3 Å². The van der Waals surface area contributed by atoms with Crippen molar-refractivity contribution in [2.75, 3.05) is 12.4 Å². The molecule has 0 amide bonds. The van der Waals surface area contributed by atoms with Crippen LogP contribution in [0.15, 0.2) is 65.9 Å². The number of aliphatic hydroxyl groups is 1. The van der Waals surface area contributed by atoms with Crippen molar-refractivity contribution in [3.8, 4) is 5.75 Å². The SMILES string of the molecule is COc1ccc(NC2=C(C(C)=O)[C@H](c3ccccc3)[C@H](C(C)=O)[C@@](C)(O)C2)cc1. The zero-order valence-corrected chi connectivity index (χ0v) is 17.2. The van der Waals surface area contributed by atoms with Gasteiger partial charge in [-0.25, -0.2) is 0 Å². The normalized spacial score (nSPS) is 24.2. The predicted molar refractivity (Wildman–Crippen MR) is 113 cm³/mol. The number of allylic oxidation sites excluding steroid dienone is 1. The van der Waals surface area contributed by atoms with Gasteiger partial charge < -0.3 is 15.2 Å². The molecular weight excluding hydrogens is 366 g/mol. The van der Waals surface area contributed by atoms with E-state index in [4.69, 9.17) is 4.74 Å². The van der Waals surface area contributed by atoms with Gasteiger partial charge in [-0.15, -0.1) is 0 Å². The molecule has 1 aliphatic rings. The molecule has 0 fully saturated rings. The number of hydrogen-bond acceptors (Lipinski definition) is 5. The van der Waals surface area contributed by atoms with Gasteiger partial charge in [0.25, 0.3) is 0 Å². The van der Waals surface area contributed by atoms with Crippen molar-refractivity contribution in [1.29, 1.82) is 0 Å². The number of hydrogen-bond donors (Lipinski definition) is 2. The third-order valence-electron chi connectivity index (χ3n) is 5.54. The van der Waals surface area contributed by atoms with E-state index < -0.39 is 17.4 Å². The summed E-state index contributed by atoms with van der Waals surface area (Å²) in [5, 5.41) is 14.6. The second-order valence-corrected chi connectivity index (χ2v) is 7.81. The van der Waals surface area contributed by atoms with Crippen LogP contribution in [0.3, 0.4) is 0 Å². The molecule has 0 radical (unpaired) electrons. The molecule has 0 aromatic heterocycles. The van der Waals surface area contributed by atoms with Crippen LogP contribution in [0, 0.1) is 5.92 Å². The summed E-state index contributed by atoms with van der Waals surface area (Å²) >= 11 is 0. The lowest BCUT2D eigenvalue weighted by molar-refractivity contribution is -0.131. The van der Waals surface area contributed by atoms with Crippen LogP contribution in [-0.2, 0) is 9.59 Å². The minimum Gasteiger partial charge on any atom is -0.497 e. The largest absolute Gasteiger partial charge is 0.497 e. The Morgan fingerprint density at radius 2 is 1.69 bits per heavy atom. The third kappa shape index (κ3) is 4.25. The van der Waals surface area contributed by atoms with Gasteiger partial charge in [0.2, 0.25) is 0 Å². The lowest BCUT2D eigenvalue weighted by Crippen LogP contribution is -2.48. The van der Waals surface area contributed by atoms with Crippen molar-refractivity contribution in [2.45, 2.75) is 38.7 Å². The van der Waals surface area contributed by atoms with Gasteiger partial charge in [0.05, 0.1) is 18.6 Å². The summed E-state index contributed by atoms with van der Waals surface area (Å²) in [6.45, 7) is 4.66. The number of Topliss-reactive ketones (excluding diaryl/α,β-unsaturated/α-hetero) is 2. The van der Waals surface area contributed by atoms with E-state index in [9.17, 15) is 14.7 Å². The van der Waals surface area contributed by atoms with Crippen LogP contribution in [0.5, 0.6) is 5.75 Å². The van der Waals surface area contributed by atoms with Gasteiger partial charge in [-0.05, 0) is 50.6 Å². The topological polar surface area (TPSA) is 75.6 Å². The van der Waals surface area contributed by atoms with Crippen LogP contribution in [0.2, 0.25) is 0 Å². The maximum Gasteiger partial charge on any atom is 0.158 e. The van der Waals surface area contributed by atoms with Crippen LogP contribution in [-0.4, -0.2) is 29.4 Å². The number of rotatable bonds is 6. The van der Waals surface area contributed by atoms with E-state index in [1.807, 2.05) is 54.6 Å². The second kappa shape index (κ2) is 8.21. The zero-order valence-electron chi connectivity index (χ0n) is 17.2. The molecule has 29 heavy (non-hydrogen) atoms. The first kappa shape index (κ1) is 20.8. The Morgan fingerprint density at radius 3 is 2.21 bits per heavy atom. The number of benzene rings is 2. The maximum absolute atomic E-state index is 12.8. The summed E-state index contributed by atoms with van der Waals surface area (Å²) in [5.41, 5.74) is 1.51. The van der Waals surface area contributed by atoms with Crippen LogP contribution in [0.4, 0.5) is 5.69 Å². The van der Waals surface area contributed by atoms with Crippen molar-refractivity contribution in [1.82, 2.24) is 0 Å². The Labute approximate surface area is 171 Å². The van der Waals surface area contributed by atoms with Crippen LogP contribution in [0.1, 0.15) is 38.7 Å². The van der Waals surface area contributed by atoms with Crippen molar-refractivity contribution in [2.24, 2.45) is 5.92 Å². The fourth-order valence-corrected chi connectivity index (χ4v) is 4.36. The van der Waals surface area contributed by atoms with Crippen LogP contribution < -0.4 is 10.1 Å². The molecule has 0 spiro atoms. The molecule has 1 aliphatic carbocycles. The summed E-state index contributed by atoms with van der Waals surface area (Å²) in [6, 6.07) is 16.8. The van der Waals surface area contributed by atoms with Gasteiger partial charge in [0.1, 0.15) is 11.5 Å². The molecule has 0 aliphatic heterocycles. The van der Waals surface area contributed by atoms with Gasteiger partial charge in [-0.3, -0.25) is 9.59 Å². The van der Waals surface area contributed by atoms with Crippen LogP contribution >= 0.6 is 0 Å². The number of anilines is 1. The summed E-state index contributed by atoms with van der Waals surface area (Å²) in [4.78, 5) is 25.3. The van der Waals surface area contributed by atoms with Crippen molar-refractivity contribution in [3.05, 3.63) is 71.4 Å². The molecule has 2 aromatic carbocycles. The van der Waals surface area contributed by atoms with Gasteiger partial charge in [0, 0.05) is 29.3 Å². The van der Waals surface area contributed by atoms with E-state index >= 15 is 0 Å². The molecule has 2 N–H and O–H groups in total. The molecule has 2 aromatic rings. The molecule has 0 bridgehead atoms. The minimum atomic E-state index is -1.29. The fraction of sp³-hybridized carbons (Fsp3) is 0.333. The minimum absolute atomic E-state index is 0.114. The molecule has 5 heteroatoms. The summed E-state index contributed by atoms with van der Waals surface area (Å²) in [7, 11) is 1.60. The van der Waals surface area contributed by atoms with E-state index in [1.165, 1.54) is 13.8 Å². The highest BCUT2D eigenvalue weighted by atomic mass is 16.5. The average Bonchev–Trinajstić information content (AvgIpc) is 2.67. The first-order valence-corrected chi connectivity index (χ1v) is 9.67. The Hall–Kier alpha value is -2.92. The lowest BCUT2D eigenvalue weighted by atomic mass is 9.64. The Kier molecular flexibility index (Phi) is 5.89. The van der Waals surface area contributed by atoms with Gasteiger partial charge >= 0.3 is 0 Å². The van der Waals surface area contributed by atoms with E-state index in [0.29, 0.717) is 11.3 Å². The van der Waals surface area contributed by atoms with Crippen molar-refractivity contribution < 1.29 is 19.4 Å². The molecule has 3 rings (SSSR count). The number of carbonyl (C=O) groups is 2. The Morgan fingerprint density at radius 1 is 1.07 bits per heavy atom. The lowest BCUT2D eigenvalue weighted by Gasteiger charge is -2.43. The molecule has 0 unspecified atom stereocenters. The highest BCUT2D eigenvalue weighted by Crippen LogP contribution is 2.47. The number of carbonyl (C=O) groups excluding carboxylic acids is 2. The predicted octanol–water partition coefficient (Wildman–Crippen LogP) is 4.09. The Bertz CT molecular complexity index is 929. The van der Waals surface area contributed by atoms with E-state index in [0.717, 1.165) is 17.0 Å². The average molecular weight is 393 g/mol. The summed E-state index contributed by atoms with van der Waals surface area (Å²) < 4.78 is 5.20. The quantitative estimate of drug-likeness (QED) is 0.773. The number of ether oxygens (including phenoxy) is 1. The maximum atomic E-state index is 12.8. The van der Waals surface area contributed by atoms with E-state index in [-0.39, 0.29) is 18.0 Å². The van der Waals surface area contributed by atoms with Gasteiger partial charge in [0.15, 0.2) is 5.78 Å². The first-order chi connectivity index (χ1) is 13.7. The second-order valence-electron chi connectivity index (χ2n) is 7.81. The fourth-order valence-electron chi connectivity index (χ4n) is 4.36. The number of nitrogens with one attached hydrogen (secondary N) is 1. The molecule has 0 saturated carbocycles. The first-order valence-electron chi connectivity index (χ1n) is 9.67. The van der Waals surface area contributed by atoms with Gasteiger partial charge in [-0.2, -0.15) is 0 Å². The third-order valence-corrected chi connectivity index (χ3v) is 5.54. The van der Waals surface area contributed by atoms with E-state index in [1.54, 1.807) is 14.0 Å². The molecule has 152 valence electrons. The molecule has 3 atom stereocenters. The molecular formula is C24H27NO4. The number of methoxy groups -OCH3 is 1. The standard InChI is InChI=1S/C24H27NO4/c1-15(26)21-20(25-18-10-12-19(29-4)13-11-18)14-24(3,28)23(16(2)27)22(21)17-8-6-5-7-9-17/h5-13,22-23,25,28H,14H2,1-4H3/t22-,23-,24-/m0/s1. The molecule has 0 saturated heterocycles. The summed E-state index contributed by atoms with van der Waals surface area (Å²) in [5.74, 6) is -0.741.